The van der Waals surface area contributed by atoms with Crippen LogP contribution in [0.15, 0.2) is 12.1 Å². The molecule has 1 atom stereocenters. The topological polar surface area (TPSA) is 66.4 Å². The lowest BCUT2D eigenvalue weighted by molar-refractivity contribution is -0.183. The third-order valence-electron chi connectivity index (χ3n) is 3.87. The average Bonchev–Trinajstić information content (AvgIpc) is 2.61. The van der Waals surface area contributed by atoms with E-state index in [1.165, 1.54) is 0 Å². The molecule has 0 amide bonds. The third kappa shape index (κ3) is 5.08. The van der Waals surface area contributed by atoms with E-state index in [0.717, 1.165) is 30.4 Å². The number of rotatable bonds is 9. The zero-order chi connectivity index (χ0) is 17.4. The van der Waals surface area contributed by atoms with Crippen molar-refractivity contribution in [3.8, 4) is 11.5 Å². The van der Waals surface area contributed by atoms with E-state index in [9.17, 15) is 5.11 Å². The van der Waals surface area contributed by atoms with E-state index in [1.54, 1.807) is 14.2 Å². The molecule has 1 aromatic rings. The second-order valence-electron chi connectivity index (χ2n) is 5.84. The van der Waals surface area contributed by atoms with E-state index < -0.39 is 12.4 Å². The standard InChI is InChI=1S/C18H28O6/c1-4-6-15(19)10-13-9-14(18-22-7-5-8-23-18)11-16(21-3)17(13)24-12-20-2/h9,11,15,18-19H,4-8,10,12H2,1-3H3/t15-/m1/s1. The third-order valence-corrected chi connectivity index (χ3v) is 3.87. The zero-order valence-corrected chi connectivity index (χ0v) is 14.7. The largest absolute Gasteiger partial charge is 0.493 e. The molecule has 1 aromatic carbocycles. The monoisotopic (exact) mass is 340 g/mol. The molecule has 1 heterocycles. The molecule has 0 radical (unpaired) electrons. The summed E-state index contributed by atoms with van der Waals surface area (Å²) in [5.41, 5.74) is 1.73. The molecule has 24 heavy (non-hydrogen) atoms. The van der Waals surface area contributed by atoms with Crippen LogP contribution in [0.25, 0.3) is 0 Å². The Morgan fingerprint density at radius 3 is 2.62 bits per heavy atom. The normalized spacial score (nSPS) is 16.8. The van der Waals surface area contributed by atoms with Gasteiger partial charge in [0.25, 0.3) is 0 Å². The molecule has 1 saturated heterocycles. The van der Waals surface area contributed by atoms with Gasteiger partial charge in [0.1, 0.15) is 0 Å². The van der Waals surface area contributed by atoms with Gasteiger partial charge in [0, 0.05) is 24.7 Å². The maximum absolute atomic E-state index is 10.2. The van der Waals surface area contributed by atoms with Crippen LogP contribution in [0.1, 0.15) is 43.6 Å². The fraction of sp³-hybridized carbons (Fsp3) is 0.667. The molecule has 1 N–H and O–H groups in total. The lowest BCUT2D eigenvalue weighted by atomic mass is 10.00. The number of aliphatic hydroxyl groups excluding tert-OH is 1. The highest BCUT2D eigenvalue weighted by atomic mass is 16.7. The summed E-state index contributed by atoms with van der Waals surface area (Å²) in [5, 5.41) is 10.2. The van der Waals surface area contributed by atoms with Gasteiger partial charge in [-0.05, 0) is 25.0 Å². The Bertz CT molecular complexity index is 499. The Balaban J connectivity index is 2.32. The van der Waals surface area contributed by atoms with Crippen molar-refractivity contribution in [3.63, 3.8) is 0 Å². The molecule has 0 bridgehead atoms. The summed E-state index contributed by atoms with van der Waals surface area (Å²) in [4.78, 5) is 0. The lowest BCUT2D eigenvalue weighted by Gasteiger charge is -2.25. The first-order chi connectivity index (χ1) is 11.7. The van der Waals surface area contributed by atoms with Crippen LogP contribution in [-0.4, -0.2) is 45.4 Å². The number of methoxy groups -OCH3 is 2. The van der Waals surface area contributed by atoms with Gasteiger partial charge in [-0.15, -0.1) is 0 Å². The molecule has 136 valence electrons. The molecule has 0 saturated carbocycles. The molecule has 1 aliphatic rings. The Labute approximate surface area is 143 Å². The first-order valence-electron chi connectivity index (χ1n) is 8.43. The van der Waals surface area contributed by atoms with Crippen molar-refractivity contribution in [2.24, 2.45) is 0 Å². The van der Waals surface area contributed by atoms with Crippen LogP contribution in [0.2, 0.25) is 0 Å². The van der Waals surface area contributed by atoms with E-state index in [4.69, 9.17) is 23.7 Å². The van der Waals surface area contributed by atoms with Crippen molar-refractivity contribution >= 4 is 0 Å². The molecular weight excluding hydrogens is 312 g/mol. The molecule has 2 rings (SSSR count). The minimum atomic E-state index is -0.437. The van der Waals surface area contributed by atoms with Crippen LogP contribution in [0.3, 0.4) is 0 Å². The molecule has 1 fully saturated rings. The van der Waals surface area contributed by atoms with E-state index >= 15 is 0 Å². The van der Waals surface area contributed by atoms with Gasteiger partial charge in [-0.2, -0.15) is 0 Å². The predicted octanol–water partition coefficient (Wildman–Crippen LogP) is 2.82. The second kappa shape index (κ2) is 9.84. The number of aliphatic hydroxyl groups is 1. The number of ether oxygens (including phenoxy) is 5. The number of benzene rings is 1. The quantitative estimate of drug-likeness (QED) is 0.697. The van der Waals surface area contributed by atoms with E-state index in [2.05, 4.69) is 0 Å². The van der Waals surface area contributed by atoms with Crippen LogP contribution < -0.4 is 9.47 Å². The van der Waals surface area contributed by atoms with Crippen molar-refractivity contribution in [2.45, 2.75) is 45.0 Å². The highest BCUT2D eigenvalue weighted by molar-refractivity contribution is 5.50. The van der Waals surface area contributed by atoms with Crippen LogP contribution in [0.5, 0.6) is 11.5 Å². The minimum Gasteiger partial charge on any atom is -0.493 e. The van der Waals surface area contributed by atoms with Gasteiger partial charge in [0.2, 0.25) is 0 Å². The van der Waals surface area contributed by atoms with Crippen LogP contribution in [0, 0.1) is 0 Å². The number of hydrogen-bond acceptors (Lipinski definition) is 6. The van der Waals surface area contributed by atoms with Gasteiger partial charge in [-0.25, -0.2) is 0 Å². The minimum absolute atomic E-state index is 0.114. The first kappa shape index (κ1) is 19.0. The van der Waals surface area contributed by atoms with E-state index in [-0.39, 0.29) is 6.79 Å². The summed E-state index contributed by atoms with van der Waals surface area (Å²) >= 11 is 0. The molecule has 0 unspecified atom stereocenters. The molecule has 0 aromatic heterocycles. The summed E-state index contributed by atoms with van der Waals surface area (Å²) in [6.45, 7) is 3.50. The smallest absolute Gasteiger partial charge is 0.188 e. The molecule has 0 aliphatic carbocycles. The van der Waals surface area contributed by atoms with Gasteiger partial charge >= 0.3 is 0 Å². The van der Waals surface area contributed by atoms with Gasteiger partial charge in [-0.3, -0.25) is 0 Å². The Hall–Kier alpha value is -1.34. The summed E-state index contributed by atoms with van der Waals surface area (Å²) in [6.07, 6.45) is 2.17. The molecule has 6 heteroatoms. The van der Waals surface area contributed by atoms with E-state index in [1.807, 2.05) is 19.1 Å². The van der Waals surface area contributed by atoms with Crippen molar-refractivity contribution < 1.29 is 28.8 Å². The Kier molecular flexibility index (Phi) is 7.78. The highest BCUT2D eigenvalue weighted by Crippen LogP contribution is 2.37. The average molecular weight is 340 g/mol. The fourth-order valence-corrected chi connectivity index (χ4v) is 2.77. The van der Waals surface area contributed by atoms with Crippen molar-refractivity contribution in [2.75, 3.05) is 34.2 Å². The van der Waals surface area contributed by atoms with Crippen molar-refractivity contribution in [3.05, 3.63) is 23.3 Å². The van der Waals surface area contributed by atoms with Gasteiger partial charge in [0.15, 0.2) is 24.6 Å². The molecule has 1 aliphatic heterocycles. The Morgan fingerprint density at radius 2 is 2.00 bits per heavy atom. The fourth-order valence-electron chi connectivity index (χ4n) is 2.77. The molecular formula is C18H28O6. The summed E-state index contributed by atoms with van der Waals surface area (Å²) < 4.78 is 27.6. The van der Waals surface area contributed by atoms with Crippen molar-refractivity contribution in [1.82, 2.24) is 0 Å². The maximum atomic E-state index is 10.2. The van der Waals surface area contributed by atoms with Gasteiger partial charge in [-0.1, -0.05) is 13.3 Å². The van der Waals surface area contributed by atoms with Crippen LogP contribution in [0.4, 0.5) is 0 Å². The Morgan fingerprint density at radius 1 is 1.25 bits per heavy atom. The van der Waals surface area contributed by atoms with Gasteiger partial charge < -0.3 is 28.8 Å². The van der Waals surface area contributed by atoms with E-state index in [0.29, 0.717) is 31.1 Å². The molecule has 0 spiro atoms. The summed E-state index contributed by atoms with van der Waals surface area (Å²) in [6, 6.07) is 3.82. The first-order valence-corrected chi connectivity index (χ1v) is 8.43. The van der Waals surface area contributed by atoms with Crippen molar-refractivity contribution in [1.29, 1.82) is 0 Å². The highest BCUT2D eigenvalue weighted by Gasteiger charge is 2.22. The number of hydrogen-bond donors (Lipinski definition) is 1. The predicted molar refractivity (Wildman–Crippen MR) is 89.4 cm³/mol. The van der Waals surface area contributed by atoms with Crippen LogP contribution >= 0.6 is 0 Å². The maximum Gasteiger partial charge on any atom is 0.188 e. The summed E-state index contributed by atoms with van der Waals surface area (Å²) in [5.74, 6) is 1.18. The SMILES string of the molecule is CCC[C@@H](O)Cc1cc(C2OCCCO2)cc(OC)c1OCOC. The van der Waals surface area contributed by atoms with Gasteiger partial charge in [0.05, 0.1) is 26.4 Å². The second-order valence-corrected chi connectivity index (χ2v) is 5.84. The molecule has 6 nitrogen and oxygen atoms in total. The zero-order valence-electron chi connectivity index (χ0n) is 14.7. The van der Waals surface area contributed by atoms with Crippen LogP contribution in [-0.2, 0) is 20.6 Å². The lowest BCUT2D eigenvalue weighted by Crippen LogP contribution is -2.19. The summed E-state index contributed by atoms with van der Waals surface area (Å²) in [7, 11) is 3.16.